The Balaban J connectivity index is 1.29. The van der Waals surface area contributed by atoms with Crippen molar-refractivity contribution in [3.63, 3.8) is 0 Å². The summed E-state index contributed by atoms with van der Waals surface area (Å²) in [5.41, 5.74) is 4.73. The Hall–Kier alpha value is -3.27. The fourth-order valence-electron chi connectivity index (χ4n) is 3.31. The lowest BCUT2D eigenvalue weighted by Crippen LogP contribution is -2.02. The first-order valence-electron chi connectivity index (χ1n) is 9.56. The van der Waals surface area contributed by atoms with E-state index in [4.69, 9.17) is 9.47 Å². The maximum absolute atomic E-state index is 5.89. The highest BCUT2D eigenvalue weighted by molar-refractivity contribution is 5.74. The molecule has 0 unspecified atom stereocenters. The summed E-state index contributed by atoms with van der Waals surface area (Å²) in [4.78, 5) is 4.45. The first kappa shape index (κ1) is 18.1. The molecule has 0 aliphatic heterocycles. The van der Waals surface area contributed by atoms with Gasteiger partial charge in [0.25, 0.3) is 0 Å². The minimum atomic E-state index is 0.646. The summed E-state index contributed by atoms with van der Waals surface area (Å²) in [6.45, 7) is 1.56. The topological polar surface area (TPSA) is 36.3 Å². The second-order valence-corrected chi connectivity index (χ2v) is 6.77. The van der Waals surface area contributed by atoms with Gasteiger partial charge >= 0.3 is 0 Å². The Morgan fingerprint density at radius 3 is 2.54 bits per heavy atom. The quantitative estimate of drug-likeness (QED) is 0.441. The van der Waals surface area contributed by atoms with Gasteiger partial charge in [0, 0.05) is 13.0 Å². The first-order valence-corrected chi connectivity index (χ1v) is 9.56. The lowest BCUT2D eigenvalue weighted by molar-refractivity contribution is 0.321. The number of imidazole rings is 1. The number of fused-ring (bicyclic) bond motifs is 1. The molecule has 0 aliphatic carbocycles. The summed E-state index contributed by atoms with van der Waals surface area (Å²) in [6, 6.07) is 24.7. The fourth-order valence-corrected chi connectivity index (χ4v) is 3.31. The maximum Gasteiger partial charge on any atom is 0.119 e. The van der Waals surface area contributed by atoms with Crippen LogP contribution in [0.1, 0.15) is 11.1 Å². The number of hydrogen-bond donors (Lipinski definition) is 0. The highest BCUT2D eigenvalue weighted by atomic mass is 16.5. The summed E-state index contributed by atoms with van der Waals surface area (Å²) >= 11 is 0. The maximum atomic E-state index is 5.89. The molecule has 0 saturated heterocycles. The van der Waals surface area contributed by atoms with E-state index in [9.17, 15) is 0 Å². The molecule has 0 fully saturated rings. The van der Waals surface area contributed by atoms with Crippen LogP contribution in [-0.4, -0.2) is 23.3 Å². The zero-order valence-corrected chi connectivity index (χ0v) is 16.0. The van der Waals surface area contributed by atoms with E-state index in [-0.39, 0.29) is 0 Å². The Bertz CT molecular complexity index is 1040. The van der Waals surface area contributed by atoms with Crippen molar-refractivity contribution in [3.05, 3.63) is 90.3 Å². The van der Waals surface area contributed by atoms with E-state index >= 15 is 0 Å². The van der Waals surface area contributed by atoms with Crippen LogP contribution in [0.15, 0.2) is 79.1 Å². The molecular formula is C24H24N2O2. The molecule has 142 valence electrons. The van der Waals surface area contributed by atoms with Crippen molar-refractivity contribution in [2.75, 3.05) is 13.7 Å². The molecule has 0 bridgehead atoms. The van der Waals surface area contributed by atoms with Crippen molar-refractivity contribution in [2.24, 2.45) is 0 Å². The zero-order chi connectivity index (χ0) is 19.2. The van der Waals surface area contributed by atoms with Gasteiger partial charge in [-0.2, -0.15) is 0 Å². The van der Waals surface area contributed by atoms with Gasteiger partial charge in [-0.25, -0.2) is 4.98 Å². The monoisotopic (exact) mass is 372 g/mol. The van der Waals surface area contributed by atoms with Crippen molar-refractivity contribution < 1.29 is 9.47 Å². The van der Waals surface area contributed by atoms with E-state index in [1.165, 1.54) is 16.6 Å². The highest BCUT2D eigenvalue weighted by Crippen LogP contribution is 2.17. The van der Waals surface area contributed by atoms with Gasteiger partial charge in [-0.15, -0.1) is 0 Å². The Kier molecular flexibility index (Phi) is 5.57. The largest absolute Gasteiger partial charge is 0.497 e. The van der Waals surface area contributed by atoms with E-state index in [1.54, 1.807) is 7.11 Å². The molecule has 3 aromatic carbocycles. The second-order valence-electron chi connectivity index (χ2n) is 6.77. The van der Waals surface area contributed by atoms with E-state index < -0.39 is 0 Å². The van der Waals surface area contributed by atoms with E-state index in [2.05, 4.69) is 39.9 Å². The van der Waals surface area contributed by atoms with Crippen LogP contribution < -0.4 is 9.47 Å². The van der Waals surface area contributed by atoms with E-state index in [1.807, 2.05) is 48.8 Å². The minimum Gasteiger partial charge on any atom is -0.497 e. The minimum absolute atomic E-state index is 0.646. The van der Waals surface area contributed by atoms with Crippen molar-refractivity contribution in [1.82, 2.24) is 9.55 Å². The van der Waals surface area contributed by atoms with Crippen molar-refractivity contribution >= 4 is 11.0 Å². The van der Waals surface area contributed by atoms with Gasteiger partial charge in [0.05, 0.1) is 31.1 Å². The molecule has 1 aromatic heterocycles. The summed E-state index contributed by atoms with van der Waals surface area (Å²) < 4.78 is 13.4. The number of aryl methyl sites for hydroxylation is 2. The van der Waals surface area contributed by atoms with Crippen molar-refractivity contribution in [1.29, 1.82) is 0 Å². The van der Waals surface area contributed by atoms with E-state index in [0.717, 1.165) is 36.4 Å². The van der Waals surface area contributed by atoms with Crippen LogP contribution in [0.25, 0.3) is 11.0 Å². The molecule has 1 heterocycles. The highest BCUT2D eigenvalue weighted by Gasteiger charge is 2.03. The van der Waals surface area contributed by atoms with Crippen LogP contribution >= 0.6 is 0 Å². The number of hydrogen-bond acceptors (Lipinski definition) is 3. The number of benzene rings is 3. The van der Waals surface area contributed by atoms with Crippen LogP contribution in [0.5, 0.6) is 11.5 Å². The number of rotatable bonds is 8. The van der Waals surface area contributed by atoms with Crippen LogP contribution in [-0.2, 0) is 19.4 Å². The van der Waals surface area contributed by atoms with Gasteiger partial charge < -0.3 is 14.0 Å². The van der Waals surface area contributed by atoms with Gasteiger partial charge in [0.2, 0.25) is 0 Å². The summed E-state index contributed by atoms with van der Waals surface area (Å²) in [5, 5.41) is 0. The average molecular weight is 372 g/mol. The first-order chi connectivity index (χ1) is 13.8. The Morgan fingerprint density at radius 2 is 1.68 bits per heavy atom. The molecule has 0 atom stereocenters. The number of nitrogens with zero attached hydrogens (tertiary/aromatic N) is 2. The van der Waals surface area contributed by atoms with Crippen molar-refractivity contribution in [2.45, 2.75) is 19.4 Å². The second kappa shape index (κ2) is 8.61. The molecule has 28 heavy (non-hydrogen) atoms. The van der Waals surface area contributed by atoms with E-state index in [0.29, 0.717) is 6.61 Å². The van der Waals surface area contributed by atoms with Crippen LogP contribution in [0.2, 0.25) is 0 Å². The predicted octanol–water partition coefficient (Wildman–Crippen LogP) is 4.91. The van der Waals surface area contributed by atoms with Gasteiger partial charge in [0.1, 0.15) is 11.5 Å². The van der Waals surface area contributed by atoms with Gasteiger partial charge in [0.15, 0.2) is 0 Å². The molecule has 0 radical (unpaired) electrons. The molecule has 4 rings (SSSR count). The molecular weight excluding hydrogens is 348 g/mol. The molecule has 4 nitrogen and oxygen atoms in total. The number of para-hydroxylation sites is 2. The lowest BCUT2D eigenvalue weighted by Gasteiger charge is -2.09. The third-order valence-electron chi connectivity index (χ3n) is 4.89. The van der Waals surface area contributed by atoms with Crippen molar-refractivity contribution in [3.8, 4) is 11.5 Å². The smallest absolute Gasteiger partial charge is 0.119 e. The van der Waals surface area contributed by atoms with Crippen LogP contribution in [0.3, 0.4) is 0 Å². The Morgan fingerprint density at radius 1 is 0.821 bits per heavy atom. The average Bonchev–Trinajstić information content (AvgIpc) is 3.16. The zero-order valence-electron chi connectivity index (χ0n) is 16.0. The molecule has 0 aliphatic rings. The summed E-state index contributed by atoms with van der Waals surface area (Å²) in [5.74, 6) is 1.78. The summed E-state index contributed by atoms with van der Waals surface area (Å²) in [7, 11) is 1.69. The number of ether oxygens (including phenoxy) is 2. The third-order valence-corrected chi connectivity index (χ3v) is 4.89. The normalized spacial score (nSPS) is 10.9. The van der Waals surface area contributed by atoms with Crippen LogP contribution in [0, 0.1) is 0 Å². The fraction of sp³-hybridized carbons (Fsp3) is 0.208. The molecule has 4 heteroatoms. The predicted molar refractivity (Wildman–Crippen MR) is 112 cm³/mol. The molecule has 0 saturated carbocycles. The molecule has 0 N–H and O–H groups in total. The van der Waals surface area contributed by atoms with Gasteiger partial charge in [-0.05, 0) is 53.9 Å². The number of methoxy groups -OCH3 is 1. The lowest BCUT2D eigenvalue weighted by atomic mass is 10.1. The number of aromatic nitrogens is 2. The SMILES string of the molecule is COc1cccc(CCOc2ccc(CCn3cnc4ccccc43)cc2)c1. The van der Waals surface area contributed by atoms with Gasteiger partial charge in [-0.1, -0.05) is 36.4 Å². The Labute approximate surface area is 165 Å². The molecule has 0 spiro atoms. The van der Waals surface area contributed by atoms with Gasteiger partial charge in [-0.3, -0.25) is 0 Å². The van der Waals surface area contributed by atoms with Crippen LogP contribution in [0.4, 0.5) is 0 Å². The standard InChI is InChI=1S/C24H24N2O2/c1-27-22-6-4-5-20(17-22)14-16-28-21-11-9-19(10-12-21)13-15-26-18-25-23-7-2-3-8-24(23)26/h2-12,17-18H,13-16H2,1H3. The summed E-state index contributed by atoms with van der Waals surface area (Å²) in [6.07, 6.45) is 3.73. The molecule has 4 aromatic rings. The third kappa shape index (κ3) is 4.34. The molecule has 0 amide bonds.